The number of nitrogens with zero attached hydrogens (tertiary/aromatic N) is 2. The molecule has 1 aliphatic heterocycles. The maximum Gasteiger partial charge on any atom is 0.459 e. The summed E-state index contributed by atoms with van der Waals surface area (Å²) in [7, 11) is -2.32. The molecule has 2 aromatic carbocycles. The normalized spacial score (nSPS) is 20.3. The Labute approximate surface area is 224 Å². The van der Waals surface area contributed by atoms with Crippen LogP contribution in [-0.4, -0.2) is 59.5 Å². The second-order valence-corrected chi connectivity index (χ2v) is 10.6. The third-order valence-corrected chi connectivity index (χ3v) is 7.10. The van der Waals surface area contributed by atoms with E-state index in [4.69, 9.17) is 24.3 Å². The van der Waals surface area contributed by atoms with Gasteiger partial charge in [-0.1, -0.05) is 30.3 Å². The fourth-order valence-electron chi connectivity index (χ4n) is 3.52. The summed E-state index contributed by atoms with van der Waals surface area (Å²) >= 11 is 0. The molecule has 1 aliphatic rings. The van der Waals surface area contributed by atoms with Crippen molar-refractivity contribution in [2.24, 2.45) is 0 Å². The number of aldehydes is 1. The number of rotatable bonds is 10. The summed E-state index contributed by atoms with van der Waals surface area (Å²) in [5, 5.41) is 14.6. The number of benzene rings is 2. The number of halogens is 1. The van der Waals surface area contributed by atoms with Crippen LogP contribution in [0.3, 0.4) is 0 Å². The number of hydrogen-bond acceptors (Lipinski definition) is 10. The van der Waals surface area contributed by atoms with E-state index in [0.29, 0.717) is 12.4 Å². The Morgan fingerprint density at radius 1 is 1.31 bits per heavy atom. The first-order chi connectivity index (χ1) is 18.5. The van der Waals surface area contributed by atoms with Crippen LogP contribution in [0.5, 0.6) is 5.75 Å². The van der Waals surface area contributed by atoms with Gasteiger partial charge in [0.1, 0.15) is 18.1 Å². The third-order valence-electron chi connectivity index (χ3n) is 5.59. The van der Waals surface area contributed by atoms with Crippen molar-refractivity contribution < 1.29 is 37.4 Å². The molecule has 0 saturated carbocycles. The maximum absolute atomic E-state index is 13.8. The second kappa shape index (κ2) is 13.7. The van der Waals surface area contributed by atoms with Gasteiger partial charge in [0.05, 0.1) is 31.6 Å². The van der Waals surface area contributed by atoms with Gasteiger partial charge in [0.25, 0.3) is 0 Å². The maximum atomic E-state index is 13.8. The van der Waals surface area contributed by atoms with E-state index in [1.54, 1.807) is 25.3 Å². The molecule has 1 fully saturated rings. The molecule has 4 atom stereocenters. The molecule has 0 radical (unpaired) electrons. The quantitative estimate of drug-likeness (QED) is 0.244. The van der Waals surface area contributed by atoms with Crippen molar-refractivity contribution in [1.29, 1.82) is 0 Å². The standard InChI is InChI=1S/C21H22FN4O7P.C4H10O/c22-17-11-26(21(29)25-19(17)23)20-18(28)10-16(32-20)12-31-34(30,24-7-8-27)33-15-6-5-13-3-1-2-4-14(13)9-15;1-4(2)5-3/h1-6,8-9,11,16,18,20,28H,7,10,12H2,(H,24,30)(H2,23,25,29);4H,1-3H3. The number of nitrogen functional groups attached to an aromatic ring is 1. The minimum Gasteiger partial charge on any atom is -0.413 e. The fraction of sp³-hybridized carbons (Fsp3) is 0.400. The zero-order valence-electron chi connectivity index (χ0n) is 21.7. The largest absolute Gasteiger partial charge is 0.459 e. The molecule has 3 aromatic rings. The number of carbonyl (C=O) groups excluding carboxylic acids is 1. The molecule has 0 spiro atoms. The van der Waals surface area contributed by atoms with E-state index >= 15 is 0 Å². The molecule has 4 N–H and O–H groups in total. The van der Waals surface area contributed by atoms with E-state index in [9.17, 15) is 23.7 Å². The number of carbonyl (C=O) groups is 1. The summed E-state index contributed by atoms with van der Waals surface area (Å²) in [5.74, 6) is -1.26. The van der Waals surface area contributed by atoms with Gasteiger partial charge < -0.3 is 29.6 Å². The lowest BCUT2D eigenvalue weighted by atomic mass is 10.1. The van der Waals surface area contributed by atoms with E-state index in [2.05, 4.69) is 10.1 Å². The van der Waals surface area contributed by atoms with Crippen LogP contribution in [0, 0.1) is 5.82 Å². The molecule has 2 heterocycles. The molecule has 0 aliphatic carbocycles. The number of anilines is 1. The first kappa shape index (κ1) is 30.4. The molecular formula is C25H32FN4O8P. The van der Waals surface area contributed by atoms with Crippen molar-refractivity contribution in [2.75, 3.05) is 26.0 Å². The van der Waals surface area contributed by atoms with E-state index in [1.807, 2.05) is 38.1 Å². The lowest BCUT2D eigenvalue weighted by molar-refractivity contribution is -0.107. The van der Waals surface area contributed by atoms with Crippen LogP contribution in [-0.2, 0) is 23.4 Å². The number of hydrogen-bond donors (Lipinski definition) is 3. The number of nitrogens with one attached hydrogen (secondary N) is 1. The van der Waals surface area contributed by atoms with Crippen molar-refractivity contribution in [3.8, 4) is 5.75 Å². The topological polar surface area (TPSA) is 164 Å². The van der Waals surface area contributed by atoms with Gasteiger partial charge in [-0.3, -0.25) is 9.09 Å². The number of fused-ring (bicyclic) bond motifs is 1. The molecule has 1 saturated heterocycles. The number of aliphatic hydroxyl groups is 1. The van der Waals surface area contributed by atoms with E-state index in [-0.39, 0.29) is 25.3 Å². The van der Waals surface area contributed by atoms with Crippen molar-refractivity contribution in [2.45, 2.75) is 44.8 Å². The molecule has 4 rings (SSSR count). The SMILES string of the molecule is COC(C)C.Nc1nc(=O)n(C2OC(COP(=O)(NCC=O)Oc3ccc4ccccc4c3)CC2O)cc1F. The zero-order valence-corrected chi connectivity index (χ0v) is 22.6. The Morgan fingerprint density at radius 3 is 2.67 bits per heavy atom. The number of nitrogens with two attached hydrogens (primary N) is 1. The molecule has 39 heavy (non-hydrogen) atoms. The molecular weight excluding hydrogens is 534 g/mol. The Kier molecular flexibility index (Phi) is 10.7. The van der Waals surface area contributed by atoms with E-state index in [0.717, 1.165) is 21.5 Å². The van der Waals surface area contributed by atoms with Crippen LogP contribution in [0.25, 0.3) is 10.8 Å². The van der Waals surface area contributed by atoms with Crippen molar-refractivity contribution in [3.05, 3.63) is 65.0 Å². The first-order valence-electron chi connectivity index (χ1n) is 12.1. The highest BCUT2D eigenvalue weighted by molar-refractivity contribution is 7.52. The van der Waals surface area contributed by atoms with Crippen molar-refractivity contribution in [3.63, 3.8) is 0 Å². The van der Waals surface area contributed by atoms with Crippen molar-refractivity contribution in [1.82, 2.24) is 14.6 Å². The number of aliphatic hydroxyl groups excluding tert-OH is 1. The van der Waals surface area contributed by atoms with Gasteiger partial charge in [-0.15, -0.1) is 0 Å². The minimum atomic E-state index is -4.02. The molecule has 212 valence electrons. The summed E-state index contributed by atoms with van der Waals surface area (Å²) in [6.07, 6.45) is -1.59. The van der Waals surface area contributed by atoms with Crippen LogP contribution in [0.1, 0.15) is 26.5 Å². The second-order valence-electron chi connectivity index (χ2n) is 8.82. The van der Waals surface area contributed by atoms with Crippen LogP contribution in [0.15, 0.2) is 53.5 Å². The summed E-state index contributed by atoms with van der Waals surface area (Å²) in [6, 6.07) is 12.6. The van der Waals surface area contributed by atoms with Gasteiger partial charge in [0, 0.05) is 13.5 Å². The summed E-state index contributed by atoms with van der Waals surface area (Å²) < 4.78 is 49.2. The predicted molar refractivity (Wildman–Crippen MR) is 142 cm³/mol. The highest BCUT2D eigenvalue weighted by Gasteiger charge is 2.38. The number of methoxy groups -OCH3 is 1. The Morgan fingerprint density at radius 2 is 2.00 bits per heavy atom. The molecule has 0 amide bonds. The van der Waals surface area contributed by atoms with Crippen LogP contribution in [0.4, 0.5) is 10.2 Å². The minimum absolute atomic E-state index is 0.00719. The number of aromatic nitrogens is 2. The van der Waals surface area contributed by atoms with Gasteiger partial charge in [0.2, 0.25) is 0 Å². The average molecular weight is 567 g/mol. The Balaban J connectivity index is 0.000000771. The van der Waals surface area contributed by atoms with Gasteiger partial charge in [0.15, 0.2) is 17.9 Å². The van der Waals surface area contributed by atoms with Gasteiger partial charge >= 0.3 is 13.4 Å². The van der Waals surface area contributed by atoms with E-state index in [1.165, 1.54) is 0 Å². The van der Waals surface area contributed by atoms with Crippen LogP contribution < -0.4 is 21.0 Å². The fourth-order valence-corrected chi connectivity index (χ4v) is 4.79. The summed E-state index contributed by atoms with van der Waals surface area (Å²) in [5.41, 5.74) is 4.38. The molecule has 14 heteroatoms. The third kappa shape index (κ3) is 8.40. The summed E-state index contributed by atoms with van der Waals surface area (Å²) in [6.45, 7) is 3.39. The zero-order chi connectivity index (χ0) is 28.6. The monoisotopic (exact) mass is 566 g/mol. The number of ether oxygens (including phenoxy) is 2. The Bertz CT molecular complexity index is 1370. The van der Waals surface area contributed by atoms with Gasteiger partial charge in [-0.2, -0.15) is 4.98 Å². The molecule has 0 bridgehead atoms. The smallest absolute Gasteiger partial charge is 0.413 e. The lowest BCUT2D eigenvalue weighted by Gasteiger charge is -2.21. The lowest BCUT2D eigenvalue weighted by Crippen LogP contribution is -2.32. The molecule has 4 unspecified atom stereocenters. The Hall–Kier alpha value is -3.19. The van der Waals surface area contributed by atoms with Crippen molar-refractivity contribution >= 4 is 30.6 Å². The highest BCUT2D eigenvalue weighted by atomic mass is 31.2. The highest BCUT2D eigenvalue weighted by Crippen LogP contribution is 2.45. The van der Waals surface area contributed by atoms with E-state index < -0.39 is 43.5 Å². The van der Waals surface area contributed by atoms with Crippen LogP contribution >= 0.6 is 7.75 Å². The van der Waals surface area contributed by atoms with Crippen LogP contribution in [0.2, 0.25) is 0 Å². The van der Waals surface area contributed by atoms with Gasteiger partial charge in [-0.25, -0.2) is 18.8 Å². The molecule has 1 aromatic heterocycles. The summed E-state index contributed by atoms with van der Waals surface area (Å²) in [4.78, 5) is 26.2. The predicted octanol–water partition coefficient (Wildman–Crippen LogP) is 2.80. The average Bonchev–Trinajstić information content (AvgIpc) is 3.29. The van der Waals surface area contributed by atoms with Gasteiger partial charge in [-0.05, 0) is 36.8 Å². The first-order valence-corrected chi connectivity index (χ1v) is 13.6. The molecule has 12 nitrogen and oxygen atoms in total.